The maximum Gasteiger partial charge on any atom is 0.325 e. The lowest BCUT2D eigenvalue weighted by molar-refractivity contribution is -0.168. The van der Waals surface area contributed by atoms with Gasteiger partial charge in [-0.15, -0.1) is 0 Å². The van der Waals surface area contributed by atoms with Gasteiger partial charge in [0.15, 0.2) is 6.79 Å². The summed E-state index contributed by atoms with van der Waals surface area (Å²) in [6.45, 7) is 5.61. The van der Waals surface area contributed by atoms with Gasteiger partial charge in [-0.1, -0.05) is 55.8 Å². The Morgan fingerprint density at radius 3 is 2.38 bits per heavy atom. The van der Waals surface area contributed by atoms with Crippen molar-refractivity contribution in [2.75, 3.05) is 6.79 Å². The summed E-state index contributed by atoms with van der Waals surface area (Å²) in [6, 6.07) is 17.1. The van der Waals surface area contributed by atoms with Crippen LogP contribution >= 0.6 is 0 Å². The fourth-order valence-corrected chi connectivity index (χ4v) is 4.53. The zero-order valence-electron chi connectivity index (χ0n) is 21.8. The number of aliphatic hydroxyl groups is 2. The molecule has 3 aromatic rings. The molecule has 4 rings (SSSR count). The fraction of sp³-hybridized carbons (Fsp3) is 0.448. The van der Waals surface area contributed by atoms with E-state index < -0.39 is 17.6 Å². The molecular formula is C29H37N3O5. The summed E-state index contributed by atoms with van der Waals surface area (Å²) in [5.41, 5.74) is 10.0. The minimum absolute atomic E-state index is 0.00518. The second kappa shape index (κ2) is 11.6. The van der Waals surface area contributed by atoms with E-state index in [0.717, 1.165) is 28.1 Å². The van der Waals surface area contributed by atoms with Crippen LogP contribution in [0.1, 0.15) is 56.4 Å². The molecule has 2 aromatic carbocycles. The second-order valence-corrected chi connectivity index (χ2v) is 10.3. The van der Waals surface area contributed by atoms with Crippen molar-refractivity contribution in [2.24, 2.45) is 11.7 Å². The highest BCUT2D eigenvalue weighted by Crippen LogP contribution is 2.39. The molecule has 0 radical (unpaired) electrons. The van der Waals surface area contributed by atoms with E-state index in [4.69, 9.17) is 20.3 Å². The lowest BCUT2D eigenvalue weighted by Crippen LogP contribution is -2.38. The third-order valence-corrected chi connectivity index (χ3v) is 7.15. The summed E-state index contributed by atoms with van der Waals surface area (Å²) in [5, 5.41) is 25.9. The number of hydrogen-bond acceptors (Lipinski definition) is 7. The molecule has 1 heterocycles. The van der Waals surface area contributed by atoms with Crippen LogP contribution in [-0.4, -0.2) is 44.9 Å². The van der Waals surface area contributed by atoms with Gasteiger partial charge in [0, 0.05) is 5.56 Å². The number of hydrogen-bond donors (Lipinski definition) is 3. The van der Waals surface area contributed by atoms with Gasteiger partial charge in [0.05, 0.1) is 29.8 Å². The number of esters is 1. The van der Waals surface area contributed by atoms with Crippen LogP contribution in [0.3, 0.4) is 0 Å². The van der Waals surface area contributed by atoms with Gasteiger partial charge in [0.1, 0.15) is 11.6 Å². The third kappa shape index (κ3) is 6.27. The molecule has 1 aliphatic rings. The Kier molecular flexibility index (Phi) is 8.44. The maximum absolute atomic E-state index is 11.9. The molecule has 0 saturated heterocycles. The first-order valence-electron chi connectivity index (χ1n) is 12.8. The molecule has 4 N–H and O–H groups in total. The number of nitrogens with two attached hydrogens (primary N) is 1. The smallest absolute Gasteiger partial charge is 0.325 e. The molecule has 1 fully saturated rings. The first-order valence-corrected chi connectivity index (χ1v) is 12.8. The lowest BCUT2D eigenvalue weighted by atomic mass is 9.81. The Morgan fingerprint density at radius 1 is 1.14 bits per heavy atom. The predicted molar refractivity (Wildman–Crippen MR) is 141 cm³/mol. The van der Waals surface area contributed by atoms with Crippen LogP contribution < -0.4 is 5.73 Å². The van der Waals surface area contributed by atoms with E-state index in [1.165, 1.54) is 0 Å². The largest absolute Gasteiger partial charge is 0.437 e. The van der Waals surface area contributed by atoms with Crippen molar-refractivity contribution in [3.63, 3.8) is 0 Å². The summed E-state index contributed by atoms with van der Waals surface area (Å²) in [6.07, 6.45) is 2.06. The maximum atomic E-state index is 11.9. The van der Waals surface area contributed by atoms with Gasteiger partial charge in [-0.3, -0.25) is 4.79 Å². The number of benzene rings is 2. The van der Waals surface area contributed by atoms with E-state index >= 15 is 0 Å². The van der Waals surface area contributed by atoms with Crippen LogP contribution in [0.4, 0.5) is 0 Å². The van der Waals surface area contributed by atoms with E-state index in [-0.39, 0.29) is 25.4 Å². The van der Waals surface area contributed by atoms with Gasteiger partial charge >= 0.3 is 5.97 Å². The number of ether oxygens (including phenoxy) is 2. The van der Waals surface area contributed by atoms with Gasteiger partial charge in [-0.05, 0) is 62.3 Å². The Labute approximate surface area is 218 Å². The van der Waals surface area contributed by atoms with E-state index in [1.807, 2.05) is 55.8 Å². The monoisotopic (exact) mass is 507 g/mol. The molecule has 0 unspecified atom stereocenters. The van der Waals surface area contributed by atoms with Crippen molar-refractivity contribution in [3.05, 3.63) is 71.4 Å². The van der Waals surface area contributed by atoms with Crippen molar-refractivity contribution >= 4 is 5.97 Å². The van der Waals surface area contributed by atoms with Crippen molar-refractivity contribution in [2.45, 2.75) is 70.8 Å². The summed E-state index contributed by atoms with van der Waals surface area (Å²) in [7, 11) is 0. The SMILES string of the molecule is Cc1ccc(-c2cc(C3(O)CCC(OCOC(=O)[C@@H](N)C(C)C)CC3)nn2-c2ccc(CO)cc2)cc1. The number of nitrogens with zero attached hydrogens (tertiary/aromatic N) is 2. The lowest BCUT2D eigenvalue weighted by Gasteiger charge is -2.34. The molecule has 8 nitrogen and oxygen atoms in total. The van der Waals surface area contributed by atoms with Gasteiger partial charge in [0.25, 0.3) is 0 Å². The summed E-state index contributed by atoms with van der Waals surface area (Å²) in [4.78, 5) is 11.9. The zero-order chi connectivity index (χ0) is 26.6. The van der Waals surface area contributed by atoms with E-state index in [2.05, 4.69) is 24.3 Å². The van der Waals surface area contributed by atoms with Crippen LogP contribution in [0.25, 0.3) is 16.9 Å². The van der Waals surface area contributed by atoms with Gasteiger partial charge < -0.3 is 25.4 Å². The Balaban J connectivity index is 1.49. The molecule has 8 heteroatoms. The summed E-state index contributed by atoms with van der Waals surface area (Å²) in [5.74, 6) is -0.474. The first-order chi connectivity index (χ1) is 17.7. The molecular weight excluding hydrogens is 470 g/mol. The third-order valence-electron chi connectivity index (χ3n) is 7.15. The fourth-order valence-electron chi connectivity index (χ4n) is 4.53. The van der Waals surface area contributed by atoms with E-state index in [1.54, 1.807) is 0 Å². The summed E-state index contributed by atoms with van der Waals surface area (Å²) >= 11 is 0. The highest BCUT2D eigenvalue weighted by atomic mass is 16.7. The number of rotatable bonds is 9. The molecule has 1 aliphatic carbocycles. The molecule has 37 heavy (non-hydrogen) atoms. The highest BCUT2D eigenvalue weighted by molar-refractivity contribution is 5.75. The number of aromatic nitrogens is 2. The second-order valence-electron chi connectivity index (χ2n) is 10.3. The van der Waals surface area contributed by atoms with Crippen LogP contribution in [-0.2, 0) is 26.5 Å². The average molecular weight is 508 g/mol. The van der Waals surface area contributed by atoms with Crippen molar-refractivity contribution < 1.29 is 24.5 Å². The zero-order valence-corrected chi connectivity index (χ0v) is 21.8. The minimum Gasteiger partial charge on any atom is -0.437 e. The van der Waals surface area contributed by atoms with Crippen molar-refractivity contribution in [1.82, 2.24) is 9.78 Å². The van der Waals surface area contributed by atoms with Crippen molar-refractivity contribution in [3.8, 4) is 16.9 Å². The van der Waals surface area contributed by atoms with Crippen LogP contribution in [0.15, 0.2) is 54.6 Å². The van der Waals surface area contributed by atoms with Crippen LogP contribution in [0, 0.1) is 12.8 Å². The molecule has 1 atom stereocenters. The molecule has 1 aromatic heterocycles. The first kappa shape index (κ1) is 27.0. The van der Waals surface area contributed by atoms with Gasteiger partial charge in [-0.25, -0.2) is 4.68 Å². The molecule has 0 aliphatic heterocycles. The van der Waals surface area contributed by atoms with Crippen molar-refractivity contribution in [1.29, 1.82) is 0 Å². The highest BCUT2D eigenvalue weighted by Gasteiger charge is 2.38. The van der Waals surface area contributed by atoms with Crippen LogP contribution in [0.2, 0.25) is 0 Å². The molecule has 0 amide bonds. The Morgan fingerprint density at radius 2 is 1.78 bits per heavy atom. The topological polar surface area (TPSA) is 120 Å². The summed E-state index contributed by atoms with van der Waals surface area (Å²) < 4.78 is 12.8. The number of carbonyl (C=O) groups excluding carboxylic acids is 1. The average Bonchev–Trinajstić information content (AvgIpc) is 3.36. The van der Waals surface area contributed by atoms with E-state index in [0.29, 0.717) is 31.4 Å². The van der Waals surface area contributed by atoms with Gasteiger partial charge in [0.2, 0.25) is 0 Å². The minimum atomic E-state index is -1.09. The van der Waals surface area contributed by atoms with Gasteiger partial charge in [-0.2, -0.15) is 5.10 Å². The predicted octanol–water partition coefficient (Wildman–Crippen LogP) is 3.97. The Bertz CT molecular complexity index is 1180. The standard InChI is InChI=1S/C29H37N3O5/c1-19(2)27(30)28(34)37-18-36-24-12-14-29(35,15-13-24)26-16-25(22-8-4-20(3)5-9-22)32(31-26)23-10-6-21(17-33)7-11-23/h4-11,16,19,24,27,33,35H,12-15,17-18,30H2,1-3H3/t24?,27-,29?/m0/s1. The molecule has 0 bridgehead atoms. The molecule has 198 valence electrons. The number of carbonyl (C=O) groups is 1. The molecule has 0 spiro atoms. The van der Waals surface area contributed by atoms with E-state index in [9.17, 15) is 15.0 Å². The molecule has 1 saturated carbocycles. The number of aliphatic hydroxyl groups excluding tert-OH is 1. The normalized spacial score (nSPS) is 20.7. The Hall–Kier alpha value is -3.04. The number of aryl methyl sites for hydroxylation is 1. The van der Waals surface area contributed by atoms with Crippen LogP contribution in [0.5, 0.6) is 0 Å². The quantitative estimate of drug-likeness (QED) is 0.296.